The Morgan fingerprint density at radius 1 is 1.33 bits per heavy atom. The van der Waals surface area contributed by atoms with Crippen molar-refractivity contribution in [2.24, 2.45) is 22.7 Å². The largest absolute Gasteiger partial charge is 0.303 e. The van der Waals surface area contributed by atoms with E-state index in [0.29, 0.717) is 23.2 Å². The molecule has 0 aromatic heterocycles. The van der Waals surface area contributed by atoms with Gasteiger partial charge in [0.25, 0.3) is 0 Å². The summed E-state index contributed by atoms with van der Waals surface area (Å²) >= 11 is 0. The summed E-state index contributed by atoms with van der Waals surface area (Å²) < 4.78 is 0. The Labute approximate surface area is 112 Å². The van der Waals surface area contributed by atoms with Gasteiger partial charge < -0.3 is 4.79 Å². The fraction of sp³-hybridized carbons (Fsp3) is 0.824. The van der Waals surface area contributed by atoms with E-state index in [1.807, 2.05) is 0 Å². The van der Waals surface area contributed by atoms with Crippen molar-refractivity contribution >= 4 is 6.29 Å². The predicted octanol–water partition coefficient (Wildman–Crippen LogP) is 4.76. The van der Waals surface area contributed by atoms with Crippen LogP contribution < -0.4 is 0 Å². The number of hydrogen-bond acceptors (Lipinski definition) is 1. The molecule has 0 N–H and O–H groups in total. The van der Waals surface area contributed by atoms with Crippen molar-refractivity contribution in [2.45, 2.75) is 65.7 Å². The number of hydrogen-bond donors (Lipinski definition) is 0. The van der Waals surface area contributed by atoms with E-state index in [9.17, 15) is 4.79 Å². The highest BCUT2D eigenvalue weighted by Gasteiger charge is 2.52. The van der Waals surface area contributed by atoms with Crippen LogP contribution in [0.15, 0.2) is 12.2 Å². The highest BCUT2D eigenvalue weighted by atomic mass is 16.1. The second-order valence-electron chi connectivity index (χ2n) is 7.39. The van der Waals surface area contributed by atoms with Gasteiger partial charge in [-0.1, -0.05) is 39.3 Å². The van der Waals surface area contributed by atoms with Crippen LogP contribution in [0.1, 0.15) is 65.7 Å². The van der Waals surface area contributed by atoms with Gasteiger partial charge in [0.15, 0.2) is 0 Å². The van der Waals surface area contributed by atoms with Crippen LogP contribution in [0.3, 0.4) is 0 Å². The van der Waals surface area contributed by atoms with E-state index < -0.39 is 0 Å². The lowest BCUT2D eigenvalue weighted by molar-refractivity contribution is -0.108. The van der Waals surface area contributed by atoms with Crippen LogP contribution in [-0.4, -0.2) is 6.29 Å². The van der Waals surface area contributed by atoms with Gasteiger partial charge in [0.1, 0.15) is 6.29 Å². The highest BCUT2D eigenvalue weighted by molar-refractivity contribution is 5.49. The minimum absolute atomic E-state index is 0.389. The zero-order chi connectivity index (χ0) is 13.4. The molecular formula is C17H28O. The molecule has 2 saturated carbocycles. The lowest BCUT2D eigenvalue weighted by Gasteiger charge is -2.58. The third-order valence-corrected chi connectivity index (χ3v) is 5.89. The molecule has 102 valence electrons. The third-order valence-electron chi connectivity index (χ3n) is 5.89. The van der Waals surface area contributed by atoms with Crippen molar-refractivity contribution in [3.8, 4) is 0 Å². The molecular weight excluding hydrogens is 220 g/mol. The van der Waals surface area contributed by atoms with Crippen molar-refractivity contribution in [1.29, 1.82) is 0 Å². The van der Waals surface area contributed by atoms with Gasteiger partial charge >= 0.3 is 0 Å². The Morgan fingerprint density at radius 3 is 2.72 bits per heavy atom. The molecule has 0 aliphatic heterocycles. The molecule has 0 saturated heterocycles. The monoisotopic (exact) mass is 248 g/mol. The summed E-state index contributed by atoms with van der Waals surface area (Å²) in [6, 6.07) is 0. The molecule has 0 spiro atoms. The first-order chi connectivity index (χ1) is 8.42. The number of carbonyl (C=O) groups excluding carboxylic acids is 1. The molecule has 0 aromatic rings. The fourth-order valence-corrected chi connectivity index (χ4v) is 5.04. The number of carbonyl (C=O) groups is 1. The second kappa shape index (κ2) is 4.83. The van der Waals surface area contributed by atoms with Gasteiger partial charge in [-0.3, -0.25) is 0 Å². The van der Waals surface area contributed by atoms with Crippen molar-refractivity contribution in [3.63, 3.8) is 0 Å². The van der Waals surface area contributed by atoms with Gasteiger partial charge in [-0.2, -0.15) is 0 Å². The lowest BCUT2D eigenvalue weighted by Crippen LogP contribution is -2.49. The van der Waals surface area contributed by atoms with Crippen LogP contribution in [0.4, 0.5) is 0 Å². The summed E-state index contributed by atoms with van der Waals surface area (Å²) in [4.78, 5) is 10.7. The molecule has 2 fully saturated rings. The Bertz CT molecular complexity index is 342. The summed E-state index contributed by atoms with van der Waals surface area (Å²) in [5.74, 6) is 1.38. The normalized spacial score (nSPS) is 39.2. The van der Waals surface area contributed by atoms with E-state index in [0.717, 1.165) is 18.6 Å². The Balaban J connectivity index is 2.27. The summed E-state index contributed by atoms with van der Waals surface area (Å²) in [5.41, 5.74) is 2.26. The first kappa shape index (κ1) is 13.8. The minimum Gasteiger partial charge on any atom is -0.303 e. The fourth-order valence-electron chi connectivity index (χ4n) is 5.04. The van der Waals surface area contributed by atoms with E-state index >= 15 is 0 Å². The maximum absolute atomic E-state index is 10.7. The molecule has 3 atom stereocenters. The zero-order valence-electron chi connectivity index (χ0n) is 12.3. The maximum atomic E-state index is 10.7. The standard InChI is InChI=1S/C17H28O/c1-13-8-9-15-16(2,3)10-6-11-17(15,4)14(13)7-5-12-18/h12,14-15H,1,5-11H2,2-4H3/t14?,15?,17-/m1/s1. The van der Waals surface area contributed by atoms with Crippen molar-refractivity contribution in [3.05, 3.63) is 12.2 Å². The second-order valence-corrected chi connectivity index (χ2v) is 7.39. The summed E-state index contributed by atoms with van der Waals surface area (Å²) in [7, 11) is 0. The highest BCUT2D eigenvalue weighted by Crippen LogP contribution is 2.61. The minimum atomic E-state index is 0.389. The summed E-state index contributed by atoms with van der Waals surface area (Å²) in [5, 5.41) is 0. The molecule has 0 amide bonds. The molecule has 1 heteroatoms. The smallest absolute Gasteiger partial charge is 0.120 e. The molecule has 1 nitrogen and oxygen atoms in total. The molecule has 2 aliphatic carbocycles. The SMILES string of the molecule is C=C1CCC2C(C)(C)CCC[C@]2(C)C1CCC=O. The van der Waals surface area contributed by atoms with Crippen LogP contribution in [0, 0.1) is 22.7 Å². The van der Waals surface area contributed by atoms with Gasteiger partial charge in [-0.25, -0.2) is 0 Å². The average molecular weight is 248 g/mol. The van der Waals surface area contributed by atoms with Gasteiger partial charge in [0.05, 0.1) is 0 Å². The molecule has 18 heavy (non-hydrogen) atoms. The first-order valence-electron chi connectivity index (χ1n) is 7.53. The molecule has 2 rings (SSSR count). The number of aldehydes is 1. The van der Waals surface area contributed by atoms with Crippen molar-refractivity contribution in [2.75, 3.05) is 0 Å². The first-order valence-corrected chi connectivity index (χ1v) is 7.53. The quantitative estimate of drug-likeness (QED) is 0.519. The van der Waals surface area contributed by atoms with Gasteiger partial charge in [0.2, 0.25) is 0 Å². The summed E-state index contributed by atoms with van der Waals surface area (Å²) in [6.45, 7) is 11.7. The van der Waals surface area contributed by atoms with Crippen LogP contribution in [-0.2, 0) is 4.79 Å². The van der Waals surface area contributed by atoms with Crippen LogP contribution in [0.2, 0.25) is 0 Å². The predicted molar refractivity (Wildman–Crippen MR) is 76.4 cm³/mol. The Hall–Kier alpha value is -0.590. The Kier molecular flexibility index (Phi) is 3.71. The number of rotatable bonds is 3. The third kappa shape index (κ3) is 2.17. The van der Waals surface area contributed by atoms with E-state index in [2.05, 4.69) is 27.4 Å². The van der Waals surface area contributed by atoms with Gasteiger partial charge in [0, 0.05) is 6.42 Å². The van der Waals surface area contributed by atoms with E-state index in [4.69, 9.17) is 0 Å². The lowest BCUT2D eigenvalue weighted by atomic mass is 9.47. The molecule has 0 heterocycles. The molecule has 0 aromatic carbocycles. The van der Waals surface area contributed by atoms with Crippen LogP contribution in [0.25, 0.3) is 0 Å². The Morgan fingerprint density at radius 2 is 2.06 bits per heavy atom. The maximum Gasteiger partial charge on any atom is 0.120 e. The molecule has 2 aliphatic rings. The number of fused-ring (bicyclic) bond motifs is 1. The van der Waals surface area contributed by atoms with E-state index in [1.54, 1.807) is 0 Å². The number of allylic oxidation sites excluding steroid dienone is 1. The van der Waals surface area contributed by atoms with Crippen LogP contribution in [0.5, 0.6) is 0 Å². The van der Waals surface area contributed by atoms with Crippen LogP contribution >= 0.6 is 0 Å². The molecule has 0 radical (unpaired) electrons. The topological polar surface area (TPSA) is 17.1 Å². The summed E-state index contributed by atoms with van der Waals surface area (Å²) in [6.07, 6.45) is 9.30. The van der Waals surface area contributed by atoms with Crippen molar-refractivity contribution < 1.29 is 4.79 Å². The molecule has 2 unspecified atom stereocenters. The molecule has 0 bridgehead atoms. The van der Waals surface area contributed by atoms with Gasteiger partial charge in [-0.05, 0) is 54.8 Å². The van der Waals surface area contributed by atoms with Gasteiger partial charge in [-0.15, -0.1) is 0 Å². The van der Waals surface area contributed by atoms with Crippen molar-refractivity contribution in [1.82, 2.24) is 0 Å². The van der Waals surface area contributed by atoms with E-state index in [-0.39, 0.29) is 0 Å². The average Bonchev–Trinajstić information content (AvgIpc) is 2.27. The zero-order valence-corrected chi connectivity index (χ0v) is 12.3. The van der Waals surface area contributed by atoms with E-state index in [1.165, 1.54) is 37.7 Å².